The van der Waals surface area contributed by atoms with Crippen molar-refractivity contribution in [3.8, 4) is 0 Å². The van der Waals surface area contributed by atoms with Crippen LogP contribution in [0.3, 0.4) is 0 Å². The number of rotatable bonds is 7. The average molecular weight is 535 g/mol. The van der Waals surface area contributed by atoms with Gasteiger partial charge in [0.1, 0.15) is 0 Å². The van der Waals surface area contributed by atoms with Crippen LogP contribution >= 0.6 is 11.3 Å². The van der Waals surface area contributed by atoms with Gasteiger partial charge in [-0.05, 0) is 67.8 Å². The van der Waals surface area contributed by atoms with E-state index < -0.39 is 10.0 Å². The Kier molecular flexibility index (Phi) is 7.37. The summed E-state index contributed by atoms with van der Waals surface area (Å²) in [4.78, 5) is 24.8. The summed E-state index contributed by atoms with van der Waals surface area (Å²) in [5.41, 5.74) is 3.04. The molecule has 1 fully saturated rings. The van der Waals surface area contributed by atoms with Gasteiger partial charge in [-0.25, -0.2) is 13.4 Å². The van der Waals surface area contributed by atoms with E-state index in [4.69, 9.17) is 4.98 Å². The summed E-state index contributed by atoms with van der Waals surface area (Å²) in [6.45, 7) is 2.25. The van der Waals surface area contributed by atoms with Gasteiger partial charge in [-0.3, -0.25) is 14.7 Å². The van der Waals surface area contributed by atoms with Crippen molar-refractivity contribution in [1.29, 1.82) is 0 Å². The summed E-state index contributed by atoms with van der Waals surface area (Å²) in [5, 5.41) is 0.577. The predicted octanol–water partition coefficient (Wildman–Crippen LogP) is 5.80. The molecule has 7 nitrogen and oxygen atoms in total. The summed E-state index contributed by atoms with van der Waals surface area (Å²) in [6, 6.07) is 17.8. The highest BCUT2D eigenvalue weighted by atomic mass is 32.2. The lowest BCUT2D eigenvalue weighted by Gasteiger charge is -2.30. The van der Waals surface area contributed by atoms with E-state index in [0.29, 0.717) is 10.7 Å². The molecule has 1 saturated carbocycles. The minimum Gasteiger partial charge on any atom is -0.278 e. The summed E-state index contributed by atoms with van der Waals surface area (Å²) in [5.74, 6) is -0.257. The number of carbonyl (C=O) groups excluding carboxylic acids is 1. The first kappa shape index (κ1) is 25.5. The van der Waals surface area contributed by atoms with E-state index in [0.717, 1.165) is 53.6 Å². The van der Waals surface area contributed by atoms with Crippen molar-refractivity contribution < 1.29 is 13.2 Å². The molecule has 1 aliphatic rings. The molecule has 37 heavy (non-hydrogen) atoms. The fourth-order valence-corrected chi connectivity index (χ4v) is 7.26. The van der Waals surface area contributed by atoms with Crippen LogP contribution in [0.4, 0.5) is 5.13 Å². The molecular formula is C28H30N4O3S2. The lowest BCUT2D eigenvalue weighted by Crippen LogP contribution is -2.38. The molecule has 2 aromatic carbocycles. The monoisotopic (exact) mass is 534 g/mol. The Labute approximate surface area is 221 Å². The minimum atomic E-state index is -3.64. The first-order chi connectivity index (χ1) is 17.8. The van der Waals surface area contributed by atoms with Crippen molar-refractivity contribution >= 4 is 42.6 Å². The van der Waals surface area contributed by atoms with Gasteiger partial charge in [-0.1, -0.05) is 48.8 Å². The molecule has 0 atom stereocenters. The average Bonchev–Trinajstić information content (AvgIpc) is 3.37. The maximum atomic E-state index is 13.8. The third-order valence-electron chi connectivity index (χ3n) is 7.00. The third-order valence-corrected chi connectivity index (χ3v) is 9.97. The molecule has 9 heteroatoms. The van der Waals surface area contributed by atoms with E-state index >= 15 is 0 Å². The Morgan fingerprint density at radius 3 is 2.43 bits per heavy atom. The van der Waals surface area contributed by atoms with Crippen molar-refractivity contribution in [3.05, 3.63) is 83.7 Å². The molecule has 0 spiro atoms. The predicted molar refractivity (Wildman–Crippen MR) is 147 cm³/mol. The molecule has 0 aliphatic heterocycles. The van der Waals surface area contributed by atoms with Crippen molar-refractivity contribution in [2.45, 2.75) is 56.5 Å². The van der Waals surface area contributed by atoms with Crippen LogP contribution in [0.15, 0.2) is 71.8 Å². The number of amides is 1. The molecule has 5 rings (SSSR count). The van der Waals surface area contributed by atoms with E-state index in [2.05, 4.69) is 4.98 Å². The smallest absolute Gasteiger partial charge is 0.260 e. The molecule has 2 aromatic heterocycles. The van der Waals surface area contributed by atoms with Crippen molar-refractivity contribution in [2.24, 2.45) is 0 Å². The molecular weight excluding hydrogens is 504 g/mol. The Bertz CT molecular complexity index is 1500. The fourth-order valence-electron chi connectivity index (χ4n) is 4.80. The number of sulfonamides is 1. The number of anilines is 1. The van der Waals surface area contributed by atoms with E-state index in [1.54, 1.807) is 30.3 Å². The highest BCUT2D eigenvalue weighted by Gasteiger charge is 2.29. The molecule has 192 valence electrons. The fraction of sp³-hybridized carbons (Fsp3) is 0.321. The largest absolute Gasteiger partial charge is 0.278 e. The molecule has 0 N–H and O–H groups in total. The molecule has 2 heterocycles. The first-order valence-electron chi connectivity index (χ1n) is 12.5. The SMILES string of the molecule is Cc1cccc2sc(N(Cc3ccccn3)C(=O)c3ccc(S(=O)(=O)N(C)C4CCCCC4)cc3)nc12. The lowest BCUT2D eigenvalue weighted by molar-refractivity contribution is 0.0984. The minimum absolute atomic E-state index is 0.0245. The highest BCUT2D eigenvalue weighted by Crippen LogP contribution is 2.32. The maximum absolute atomic E-state index is 13.8. The van der Waals surface area contributed by atoms with Gasteiger partial charge in [-0.2, -0.15) is 4.31 Å². The summed E-state index contributed by atoms with van der Waals surface area (Å²) < 4.78 is 29.0. The number of pyridine rings is 1. The Morgan fingerprint density at radius 1 is 1.00 bits per heavy atom. The van der Waals surface area contributed by atoms with Gasteiger partial charge < -0.3 is 0 Å². The number of hydrogen-bond donors (Lipinski definition) is 0. The molecule has 0 saturated heterocycles. The molecule has 0 bridgehead atoms. The Morgan fingerprint density at radius 2 is 1.76 bits per heavy atom. The van der Waals surface area contributed by atoms with Gasteiger partial charge >= 0.3 is 0 Å². The van der Waals surface area contributed by atoms with Crippen LogP contribution in [0.25, 0.3) is 10.2 Å². The highest BCUT2D eigenvalue weighted by molar-refractivity contribution is 7.89. The van der Waals surface area contributed by atoms with Crippen molar-refractivity contribution in [2.75, 3.05) is 11.9 Å². The van der Waals surface area contributed by atoms with Gasteiger partial charge in [0, 0.05) is 24.8 Å². The molecule has 0 unspecified atom stereocenters. The summed E-state index contributed by atoms with van der Waals surface area (Å²) >= 11 is 1.45. The van der Waals surface area contributed by atoms with Crippen LogP contribution in [-0.2, 0) is 16.6 Å². The van der Waals surface area contributed by atoms with Crippen LogP contribution in [0, 0.1) is 6.92 Å². The molecule has 0 radical (unpaired) electrons. The zero-order chi connectivity index (χ0) is 26.0. The summed E-state index contributed by atoms with van der Waals surface area (Å²) in [7, 11) is -1.98. The van der Waals surface area contributed by atoms with Gasteiger partial charge in [0.2, 0.25) is 10.0 Å². The van der Waals surface area contributed by atoms with Crippen LogP contribution in [0.2, 0.25) is 0 Å². The normalized spacial score (nSPS) is 14.8. The number of aromatic nitrogens is 2. The second kappa shape index (κ2) is 10.7. The van der Waals surface area contributed by atoms with Crippen molar-refractivity contribution in [3.63, 3.8) is 0 Å². The third kappa shape index (κ3) is 5.30. The zero-order valence-corrected chi connectivity index (χ0v) is 22.6. The number of carbonyl (C=O) groups is 1. The topological polar surface area (TPSA) is 83.5 Å². The van der Waals surface area contributed by atoms with E-state index in [1.165, 1.54) is 27.8 Å². The number of fused-ring (bicyclic) bond motifs is 1. The van der Waals surface area contributed by atoms with Gasteiger partial charge in [0.15, 0.2) is 5.13 Å². The number of benzene rings is 2. The lowest BCUT2D eigenvalue weighted by atomic mass is 9.96. The number of hydrogen-bond acceptors (Lipinski definition) is 6. The number of thiazole rings is 1. The van der Waals surface area contributed by atoms with Crippen LogP contribution in [0.5, 0.6) is 0 Å². The Hall–Kier alpha value is -3.14. The first-order valence-corrected chi connectivity index (χ1v) is 14.8. The molecule has 1 aliphatic carbocycles. The van der Waals surface area contributed by atoms with Crippen LogP contribution in [-0.4, -0.2) is 41.7 Å². The number of nitrogens with zero attached hydrogens (tertiary/aromatic N) is 4. The number of para-hydroxylation sites is 1. The zero-order valence-electron chi connectivity index (χ0n) is 21.0. The van der Waals surface area contributed by atoms with Gasteiger partial charge in [-0.15, -0.1) is 0 Å². The second-order valence-electron chi connectivity index (χ2n) is 9.47. The van der Waals surface area contributed by atoms with E-state index in [9.17, 15) is 13.2 Å². The van der Waals surface area contributed by atoms with E-state index in [1.807, 2.05) is 43.3 Å². The van der Waals surface area contributed by atoms with Crippen LogP contribution in [0.1, 0.15) is 53.7 Å². The summed E-state index contributed by atoms with van der Waals surface area (Å²) in [6.07, 6.45) is 6.73. The quantitative estimate of drug-likeness (QED) is 0.299. The Balaban J connectivity index is 1.45. The van der Waals surface area contributed by atoms with Crippen molar-refractivity contribution in [1.82, 2.24) is 14.3 Å². The second-order valence-corrected chi connectivity index (χ2v) is 12.5. The molecule has 1 amide bonds. The maximum Gasteiger partial charge on any atom is 0.260 e. The van der Waals surface area contributed by atoms with Crippen LogP contribution < -0.4 is 4.90 Å². The molecule has 4 aromatic rings. The van der Waals surface area contributed by atoms with Gasteiger partial charge in [0.25, 0.3) is 5.91 Å². The van der Waals surface area contributed by atoms with E-state index in [-0.39, 0.29) is 23.4 Å². The van der Waals surface area contributed by atoms with Gasteiger partial charge in [0.05, 0.1) is 27.4 Å². The number of aryl methyl sites for hydroxylation is 1. The standard InChI is InChI=1S/C28H30N4O3S2/c1-20-9-8-13-25-26(20)30-28(36-25)32(19-22-10-6-7-18-29-22)27(33)21-14-16-24(17-15-21)37(34,35)31(2)23-11-4-3-5-12-23/h6-10,13-18,23H,3-5,11-12,19H2,1-2H3.